The maximum atomic E-state index is 9.08. The summed E-state index contributed by atoms with van der Waals surface area (Å²) in [5.74, 6) is 7.70. The van der Waals surface area contributed by atoms with E-state index in [4.69, 9.17) is 5.11 Å². The van der Waals surface area contributed by atoms with Crippen molar-refractivity contribution in [2.45, 2.75) is 33.6 Å². The van der Waals surface area contributed by atoms with Gasteiger partial charge in [0, 0.05) is 18.4 Å². The van der Waals surface area contributed by atoms with Gasteiger partial charge in [0.1, 0.15) is 0 Å². The predicted octanol–water partition coefficient (Wildman–Crippen LogP) is 2.05. The lowest BCUT2D eigenvalue weighted by molar-refractivity contribution is 0.206. The molecule has 0 heterocycles. The molecule has 3 unspecified atom stereocenters. The number of hydrogen-bond donors (Lipinski definition) is 1. The van der Waals surface area contributed by atoms with Crippen LogP contribution < -0.4 is 0 Å². The molecule has 0 bridgehead atoms. The van der Waals surface area contributed by atoms with Gasteiger partial charge < -0.3 is 5.11 Å². The van der Waals surface area contributed by atoms with Gasteiger partial charge >= 0.3 is 0 Å². The summed E-state index contributed by atoms with van der Waals surface area (Å²) in [5.41, 5.74) is 0.680. The van der Waals surface area contributed by atoms with Gasteiger partial charge in [0.25, 0.3) is 0 Å². The predicted molar refractivity (Wildman–Crippen MR) is 53.0 cm³/mol. The van der Waals surface area contributed by atoms with E-state index in [1.54, 1.807) is 0 Å². The van der Waals surface area contributed by atoms with Crippen LogP contribution in [0.5, 0.6) is 0 Å². The van der Waals surface area contributed by atoms with Crippen molar-refractivity contribution >= 4 is 0 Å². The van der Waals surface area contributed by atoms with Gasteiger partial charge in [-0.1, -0.05) is 32.6 Å². The molecule has 2 aliphatic rings. The Morgan fingerprint density at radius 3 is 2.69 bits per heavy atom. The summed E-state index contributed by atoms with van der Waals surface area (Å²) in [7, 11) is 0. The van der Waals surface area contributed by atoms with Gasteiger partial charge in [-0.05, 0) is 23.7 Å². The van der Waals surface area contributed by atoms with E-state index < -0.39 is 0 Å². The SMILES string of the molecule is CC1C#CC2C(C)(C)C2(CCO)C1. The van der Waals surface area contributed by atoms with Gasteiger partial charge in [-0.15, -0.1) is 0 Å². The summed E-state index contributed by atoms with van der Waals surface area (Å²) in [5, 5.41) is 9.08. The number of aliphatic hydroxyl groups excluding tert-OH is 1. The summed E-state index contributed by atoms with van der Waals surface area (Å²) in [6.45, 7) is 7.09. The lowest BCUT2D eigenvalue weighted by Gasteiger charge is -2.22. The normalized spacial score (nSPS) is 44.6. The van der Waals surface area contributed by atoms with Gasteiger partial charge in [-0.3, -0.25) is 0 Å². The Morgan fingerprint density at radius 2 is 2.08 bits per heavy atom. The van der Waals surface area contributed by atoms with Gasteiger partial charge in [-0.2, -0.15) is 0 Å². The first-order chi connectivity index (χ1) is 6.04. The van der Waals surface area contributed by atoms with Crippen molar-refractivity contribution in [1.29, 1.82) is 0 Å². The monoisotopic (exact) mass is 178 g/mol. The third-order valence-electron chi connectivity index (χ3n) is 4.18. The van der Waals surface area contributed by atoms with Crippen molar-refractivity contribution in [3.05, 3.63) is 0 Å². The molecule has 0 saturated heterocycles. The quantitative estimate of drug-likeness (QED) is 0.642. The van der Waals surface area contributed by atoms with Crippen LogP contribution in [0.3, 0.4) is 0 Å². The second-order valence-corrected chi connectivity index (χ2v) is 5.18. The third kappa shape index (κ3) is 0.987. The summed E-state index contributed by atoms with van der Waals surface area (Å²) >= 11 is 0. The Morgan fingerprint density at radius 1 is 1.38 bits per heavy atom. The lowest BCUT2D eigenvalue weighted by Crippen LogP contribution is -2.16. The fourth-order valence-electron chi connectivity index (χ4n) is 3.23. The molecule has 1 fully saturated rings. The summed E-state index contributed by atoms with van der Waals surface area (Å²) in [6.07, 6.45) is 2.11. The Kier molecular flexibility index (Phi) is 1.76. The van der Waals surface area contributed by atoms with Crippen LogP contribution in [-0.2, 0) is 0 Å². The van der Waals surface area contributed by atoms with Crippen LogP contribution in [0.4, 0.5) is 0 Å². The van der Waals surface area contributed by atoms with Crippen LogP contribution in [0.25, 0.3) is 0 Å². The number of aliphatic hydroxyl groups is 1. The Hall–Kier alpha value is -0.480. The number of rotatable bonds is 2. The van der Waals surface area contributed by atoms with E-state index in [2.05, 4.69) is 32.6 Å². The molecule has 1 nitrogen and oxygen atoms in total. The molecule has 0 spiro atoms. The minimum atomic E-state index is 0.314. The second kappa shape index (κ2) is 2.51. The Balaban J connectivity index is 2.25. The van der Waals surface area contributed by atoms with Crippen molar-refractivity contribution in [2.75, 3.05) is 6.61 Å². The maximum absolute atomic E-state index is 9.08. The highest BCUT2D eigenvalue weighted by molar-refractivity contribution is 5.33. The molecule has 72 valence electrons. The zero-order chi connectivity index (χ0) is 9.69. The molecule has 13 heavy (non-hydrogen) atoms. The van der Waals surface area contributed by atoms with Crippen LogP contribution in [0, 0.1) is 34.5 Å². The molecule has 1 heteroatoms. The van der Waals surface area contributed by atoms with Crippen molar-refractivity contribution in [3.63, 3.8) is 0 Å². The summed E-state index contributed by atoms with van der Waals surface area (Å²) < 4.78 is 0. The van der Waals surface area contributed by atoms with Crippen LogP contribution in [-0.4, -0.2) is 11.7 Å². The Labute approximate surface area is 80.5 Å². The van der Waals surface area contributed by atoms with E-state index in [0.29, 0.717) is 29.3 Å². The van der Waals surface area contributed by atoms with E-state index in [-0.39, 0.29) is 0 Å². The number of hydrogen-bond acceptors (Lipinski definition) is 1. The van der Waals surface area contributed by atoms with E-state index in [1.165, 1.54) is 6.42 Å². The molecule has 0 aliphatic heterocycles. The number of fused-ring (bicyclic) bond motifs is 1. The largest absolute Gasteiger partial charge is 0.396 e. The average Bonchev–Trinajstić information content (AvgIpc) is 2.48. The molecular formula is C12H18O. The fraction of sp³-hybridized carbons (Fsp3) is 0.833. The zero-order valence-electron chi connectivity index (χ0n) is 8.72. The topological polar surface area (TPSA) is 20.2 Å². The van der Waals surface area contributed by atoms with Crippen LogP contribution in [0.15, 0.2) is 0 Å². The third-order valence-corrected chi connectivity index (χ3v) is 4.18. The van der Waals surface area contributed by atoms with E-state index in [0.717, 1.165) is 6.42 Å². The standard InChI is InChI=1S/C12H18O/c1-9-4-5-10-11(2,3)12(10,8-9)6-7-13/h9-10,13H,6-8H2,1-3H3. The highest BCUT2D eigenvalue weighted by Gasteiger charge is 2.70. The highest BCUT2D eigenvalue weighted by atomic mass is 16.3. The van der Waals surface area contributed by atoms with Crippen molar-refractivity contribution in [2.24, 2.45) is 22.7 Å². The average molecular weight is 178 g/mol. The van der Waals surface area contributed by atoms with E-state index >= 15 is 0 Å². The fourth-order valence-corrected chi connectivity index (χ4v) is 3.23. The molecule has 0 radical (unpaired) electrons. The van der Waals surface area contributed by atoms with Gasteiger partial charge in [0.2, 0.25) is 0 Å². The second-order valence-electron chi connectivity index (χ2n) is 5.18. The molecule has 2 aliphatic carbocycles. The first kappa shape index (κ1) is 9.09. The molecule has 2 rings (SSSR count). The lowest BCUT2D eigenvalue weighted by atomic mass is 9.82. The molecule has 0 aromatic carbocycles. The summed E-state index contributed by atoms with van der Waals surface area (Å²) in [6, 6.07) is 0. The molecule has 0 amide bonds. The molecular weight excluding hydrogens is 160 g/mol. The molecule has 3 atom stereocenters. The van der Waals surface area contributed by atoms with Crippen molar-refractivity contribution in [3.8, 4) is 11.8 Å². The molecule has 1 N–H and O–H groups in total. The van der Waals surface area contributed by atoms with Crippen LogP contribution in [0.1, 0.15) is 33.6 Å². The molecule has 1 saturated carbocycles. The maximum Gasteiger partial charge on any atom is 0.0436 e. The van der Waals surface area contributed by atoms with E-state index in [1.807, 2.05) is 0 Å². The van der Waals surface area contributed by atoms with E-state index in [9.17, 15) is 0 Å². The van der Waals surface area contributed by atoms with Gasteiger partial charge in [-0.25, -0.2) is 0 Å². The molecule has 0 aromatic rings. The van der Waals surface area contributed by atoms with Gasteiger partial charge in [0.05, 0.1) is 0 Å². The first-order valence-electron chi connectivity index (χ1n) is 5.16. The minimum Gasteiger partial charge on any atom is -0.396 e. The smallest absolute Gasteiger partial charge is 0.0436 e. The van der Waals surface area contributed by atoms with Crippen LogP contribution >= 0.6 is 0 Å². The first-order valence-corrected chi connectivity index (χ1v) is 5.16. The minimum absolute atomic E-state index is 0.314. The highest BCUT2D eigenvalue weighted by Crippen LogP contribution is 2.73. The zero-order valence-corrected chi connectivity index (χ0v) is 8.72. The van der Waals surface area contributed by atoms with Crippen molar-refractivity contribution < 1.29 is 5.11 Å². The van der Waals surface area contributed by atoms with Crippen LogP contribution in [0.2, 0.25) is 0 Å². The van der Waals surface area contributed by atoms with Crippen molar-refractivity contribution in [1.82, 2.24) is 0 Å². The molecule has 0 aromatic heterocycles. The van der Waals surface area contributed by atoms with Gasteiger partial charge in [0.15, 0.2) is 0 Å². The Bertz CT molecular complexity index is 281. The summed E-state index contributed by atoms with van der Waals surface area (Å²) in [4.78, 5) is 0.